The molecule has 6 heteroatoms. The van der Waals surface area contributed by atoms with Crippen molar-refractivity contribution in [2.75, 3.05) is 13.7 Å². The molecule has 3 rings (SSSR count). The first kappa shape index (κ1) is 19.6. The van der Waals surface area contributed by atoms with Crippen LogP contribution in [0.5, 0.6) is 5.75 Å². The molecule has 0 bridgehead atoms. The van der Waals surface area contributed by atoms with Gasteiger partial charge in [0.1, 0.15) is 11.5 Å². The monoisotopic (exact) mass is 381 g/mol. The highest BCUT2D eigenvalue weighted by atomic mass is 16.5. The van der Waals surface area contributed by atoms with E-state index in [1.807, 2.05) is 19.1 Å². The molecular weight excluding hydrogens is 358 g/mol. The average molecular weight is 381 g/mol. The van der Waals surface area contributed by atoms with E-state index in [1.165, 1.54) is 12.0 Å². The molecule has 1 aliphatic rings. The maximum absolute atomic E-state index is 12.8. The van der Waals surface area contributed by atoms with E-state index in [2.05, 4.69) is 0 Å². The first-order chi connectivity index (χ1) is 13.3. The Morgan fingerprint density at radius 3 is 2.46 bits per heavy atom. The van der Waals surface area contributed by atoms with Crippen molar-refractivity contribution in [2.24, 2.45) is 0 Å². The average Bonchev–Trinajstić information content (AvgIpc) is 2.92. The lowest BCUT2D eigenvalue weighted by Crippen LogP contribution is -2.35. The number of hydrogen-bond donors (Lipinski definition) is 2. The minimum atomic E-state index is -0.828. The lowest BCUT2D eigenvalue weighted by molar-refractivity contribution is -0.140. The lowest BCUT2D eigenvalue weighted by Gasteiger charge is -2.26. The van der Waals surface area contributed by atoms with Gasteiger partial charge in [0.25, 0.3) is 11.7 Å². The molecule has 2 aromatic carbocycles. The van der Waals surface area contributed by atoms with Crippen LogP contribution in [0.4, 0.5) is 0 Å². The van der Waals surface area contributed by atoms with Crippen molar-refractivity contribution in [3.63, 3.8) is 0 Å². The number of methoxy groups -OCH3 is 1. The number of aliphatic hydroxyl groups is 2. The molecular formula is C22H23NO5. The Labute approximate surface area is 163 Å². The molecule has 6 nitrogen and oxygen atoms in total. The number of β-amino-alcohol motifs (C(OH)–C–C–N with tert-alkyl or cyclic N) is 1. The van der Waals surface area contributed by atoms with Crippen molar-refractivity contribution >= 4 is 17.4 Å². The number of hydrogen-bond acceptors (Lipinski definition) is 5. The minimum absolute atomic E-state index is 0.00255. The number of benzene rings is 2. The van der Waals surface area contributed by atoms with E-state index < -0.39 is 23.8 Å². The molecule has 1 saturated heterocycles. The molecule has 0 spiro atoms. The van der Waals surface area contributed by atoms with Crippen LogP contribution >= 0.6 is 0 Å². The van der Waals surface area contributed by atoms with Crippen LogP contribution in [-0.4, -0.2) is 46.6 Å². The second kappa shape index (κ2) is 7.86. The van der Waals surface area contributed by atoms with Crippen molar-refractivity contribution in [2.45, 2.75) is 26.0 Å². The number of nitrogens with zero attached hydrogens (tertiary/aromatic N) is 1. The highest BCUT2D eigenvalue weighted by Crippen LogP contribution is 2.40. The SMILES string of the molecule is COc1cccc(C2/C(=C(/O)c3ccc(C)cc3)C(=O)C(=O)N2CC(C)O)c1. The molecule has 2 atom stereocenters. The molecule has 1 amide bonds. The fraction of sp³-hybridized carbons (Fsp3) is 0.273. The summed E-state index contributed by atoms with van der Waals surface area (Å²) in [4.78, 5) is 26.8. The van der Waals surface area contributed by atoms with Gasteiger partial charge in [-0.1, -0.05) is 42.0 Å². The first-order valence-electron chi connectivity index (χ1n) is 9.01. The van der Waals surface area contributed by atoms with Crippen molar-refractivity contribution in [1.82, 2.24) is 4.90 Å². The maximum Gasteiger partial charge on any atom is 0.295 e. The molecule has 2 unspecified atom stereocenters. The van der Waals surface area contributed by atoms with E-state index in [0.717, 1.165) is 5.56 Å². The van der Waals surface area contributed by atoms with Gasteiger partial charge in [-0.3, -0.25) is 9.59 Å². The smallest absolute Gasteiger partial charge is 0.295 e. The predicted molar refractivity (Wildman–Crippen MR) is 105 cm³/mol. The highest BCUT2D eigenvalue weighted by Gasteiger charge is 2.46. The van der Waals surface area contributed by atoms with Gasteiger partial charge in [-0.05, 0) is 31.5 Å². The zero-order valence-electron chi connectivity index (χ0n) is 16.0. The van der Waals surface area contributed by atoms with Crippen LogP contribution in [0.25, 0.3) is 5.76 Å². The van der Waals surface area contributed by atoms with Gasteiger partial charge >= 0.3 is 0 Å². The Balaban J connectivity index is 2.19. The largest absolute Gasteiger partial charge is 0.507 e. The number of amides is 1. The summed E-state index contributed by atoms with van der Waals surface area (Å²) in [5.74, 6) is -1.19. The second-order valence-corrected chi connectivity index (χ2v) is 6.94. The van der Waals surface area contributed by atoms with Crippen LogP contribution in [-0.2, 0) is 9.59 Å². The van der Waals surface area contributed by atoms with Gasteiger partial charge in [0.2, 0.25) is 0 Å². The van der Waals surface area contributed by atoms with Crippen LogP contribution < -0.4 is 4.74 Å². The van der Waals surface area contributed by atoms with E-state index in [4.69, 9.17) is 4.74 Å². The Kier molecular flexibility index (Phi) is 5.51. The summed E-state index contributed by atoms with van der Waals surface area (Å²) in [7, 11) is 1.53. The number of carbonyl (C=O) groups is 2. The van der Waals surface area contributed by atoms with Gasteiger partial charge < -0.3 is 19.8 Å². The summed E-state index contributed by atoms with van der Waals surface area (Å²) >= 11 is 0. The van der Waals surface area contributed by atoms with Crippen LogP contribution in [0.2, 0.25) is 0 Å². The molecule has 0 aliphatic carbocycles. The van der Waals surface area contributed by atoms with Gasteiger partial charge in [0.15, 0.2) is 0 Å². The Bertz CT molecular complexity index is 930. The minimum Gasteiger partial charge on any atom is -0.507 e. The lowest BCUT2D eigenvalue weighted by atomic mass is 9.95. The first-order valence-corrected chi connectivity index (χ1v) is 9.01. The van der Waals surface area contributed by atoms with Crippen molar-refractivity contribution < 1.29 is 24.5 Å². The quantitative estimate of drug-likeness (QED) is 0.472. The van der Waals surface area contributed by atoms with Gasteiger partial charge in [0, 0.05) is 12.1 Å². The van der Waals surface area contributed by atoms with Crippen LogP contribution in [0.1, 0.15) is 29.7 Å². The third-order valence-corrected chi connectivity index (χ3v) is 4.74. The van der Waals surface area contributed by atoms with E-state index >= 15 is 0 Å². The van der Waals surface area contributed by atoms with Gasteiger partial charge in [-0.25, -0.2) is 0 Å². The summed E-state index contributed by atoms with van der Waals surface area (Å²) in [6, 6.07) is 13.2. The standard InChI is InChI=1S/C22H23NO5/c1-13-7-9-15(10-8-13)20(25)18-19(16-5-4-6-17(11-16)28-3)23(12-14(2)24)22(27)21(18)26/h4-11,14,19,24-25H,12H2,1-3H3/b20-18-. The molecule has 0 saturated carbocycles. The number of ketones is 1. The zero-order valence-corrected chi connectivity index (χ0v) is 16.0. The molecule has 146 valence electrons. The number of likely N-dealkylation sites (tertiary alicyclic amines) is 1. The van der Waals surface area contributed by atoms with E-state index in [1.54, 1.807) is 43.3 Å². The van der Waals surface area contributed by atoms with E-state index in [0.29, 0.717) is 16.9 Å². The molecule has 0 radical (unpaired) electrons. The summed E-state index contributed by atoms with van der Waals surface area (Å²) in [5, 5.41) is 20.7. The van der Waals surface area contributed by atoms with Crippen molar-refractivity contribution in [1.29, 1.82) is 0 Å². The molecule has 2 N–H and O–H groups in total. The number of aliphatic hydroxyl groups excluding tert-OH is 2. The number of ether oxygens (including phenoxy) is 1. The maximum atomic E-state index is 12.8. The number of rotatable bonds is 5. The Morgan fingerprint density at radius 1 is 1.18 bits per heavy atom. The molecule has 1 aliphatic heterocycles. The summed E-state index contributed by atoms with van der Waals surface area (Å²) in [6.07, 6.45) is -0.828. The molecule has 28 heavy (non-hydrogen) atoms. The fourth-order valence-corrected chi connectivity index (χ4v) is 3.38. The number of carbonyl (C=O) groups excluding carboxylic acids is 2. The van der Waals surface area contributed by atoms with Gasteiger partial charge in [-0.2, -0.15) is 0 Å². The molecule has 1 heterocycles. The third-order valence-electron chi connectivity index (χ3n) is 4.74. The number of aryl methyl sites for hydroxylation is 1. The van der Waals surface area contributed by atoms with E-state index in [-0.39, 0.29) is 17.9 Å². The third kappa shape index (κ3) is 3.64. The molecule has 2 aromatic rings. The number of Topliss-reactive ketones (excluding diaryl/α,β-unsaturated/α-hetero) is 1. The summed E-state index contributed by atoms with van der Waals surface area (Å²) in [6.45, 7) is 3.43. The van der Waals surface area contributed by atoms with Crippen molar-refractivity contribution in [3.05, 3.63) is 70.8 Å². The highest BCUT2D eigenvalue weighted by molar-refractivity contribution is 6.46. The van der Waals surface area contributed by atoms with E-state index in [9.17, 15) is 19.8 Å². The van der Waals surface area contributed by atoms with Gasteiger partial charge in [-0.15, -0.1) is 0 Å². The van der Waals surface area contributed by atoms with Crippen LogP contribution in [0.15, 0.2) is 54.1 Å². The summed E-state index contributed by atoms with van der Waals surface area (Å²) < 4.78 is 5.26. The van der Waals surface area contributed by atoms with Crippen LogP contribution in [0, 0.1) is 6.92 Å². The summed E-state index contributed by atoms with van der Waals surface area (Å²) in [5.41, 5.74) is 2.08. The predicted octanol–water partition coefficient (Wildman–Crippen LogP) is 2.81. The zero-order chi connectivity index (χ0) is 20.4. The molecule has 1 fully saturated rings. The fourth-order valence-electron chi connectivity index (χ4n) is 3.38. The van der Waals surface area contributed by atoms with Crippen LogP contribution in [0.3, 0.4) is 0 Å². The van der Waals surface area contributed by atoms with Crippen molar-refractivity contribution in [3.8, 4) is 5.75 Å². The topological polar surface area (TPSA) is 87.1 Å². The van der Waals surface area contributed by atoms with Gasteiger partial charge in [0.05, 0.1) is 24.8 Å². The second-order valence-electron chi connectivity index (χ2n) is 6.94. The normalized spacial score (nSPS) is 19.7. The Morgan fingerprint density at radius 2 is 1.86 bits per heavy atom. The Hall–Kier alpha value is -3.12. The molecule has 0 aromatic heterocycles.